The highest BCUT2D eigenvalue weighted by Gasteiger charge is 2.00. The molecule has 5 heteroatoms. The fraction of sp³-hybridized carbons (Fsp3) is 0.500. The largest absolute Gasteiger partial charge is 0.444 e. The third-order valence-corrected chi connectivity index (χ3v) is 1.84. The number of ether oxygens (including phenoxy) is 1. The molecule has 1 rings (SSSR count). The summed E-state index contributed by atoms with van der Waals surface area (Å²) in [6.45, 7) is 8.26. The monoisotopic (exact) mass is 269 g/mol. The fourth-order valence-electron chi connectivity index (χ4n) is 1.05. The van der Waals surface area contributed by atoms with E-state index in [2.05, 4.69) is 16.2 Å². The number of carbonyl (C=O) groups is 1. The van der Waals surface area contributed by atoms with Crippen molar-refractivity contribution in [2.75, 3.05) is 19.4 Å². The van der Waals surface area contributed by atoms with Crippen LogP contribution in [0.2, 0.25) is 0 Å². The molecule has 0 aliphatic rings. The van der Waals surface area contributed by atoms with Crippen molar-refractivity contribution in [1.29, 1.82) is 0 Å². The summed E-state index contributed by atoms with van der Waals surface area (Å²) in [5, 5.41) is 3.01. The van der Waals surface area contributed by atoms with Gasteiger partial charge < -0.3 is 10.1 Å². The highest BCUT2D eigenvalue weighted by Crippen LogP contribution is 2.09. The van der Waals surface area contributed by atoms with Gasteiger partial charge in [0.15, 0.2) is 0 Å². The Morgan fingerprint density at radius 3 is 2.00 bits per heavy atom. The quantitative estimate of drug-likeness (QED) is 0.735. The third-order valence-electron chi connectivity index (χ3n) is 1.84. The Kier molecular flexibility index (Phi) is 14.8. The lowest BCUT2D eigenvalue weighted by Gasteiger charge is -2.06. The SMILES string of the molecule is CC.CC.CNNC(=O)OCc1ccc(NC)cc1. The first kappa shape index (κ1) is 19.6. The zero-order valence-corrected chi connectivity index (χ0v) is 12.8. The van der Waals surface area contributed by atoms with Crippen LogP contribution in [-0.2, 0) is 11.3 Å². The van der Waals surface area contributed by atoms with E-state index in [4.69, 9.17) is 4.74 Å². The molecule has 1 aromatic rings. The molecule has 0 aliphatic carbocycles. The fourth-order valence-corrected chi connectivity index (χ4v) is 1.05. The molecule has 0 heterocycles. The van der Waals surface area contributed by atoms with Gasteiger partial charge in [-0.05, 0) is 17.7 Å². The maximum atomic E-state index is 10.9. The molecule has 0 bridgehead atoms. The summed E-state index contributed by atoms with van der Waals surface area (Å²) in [7, 11) is 3.45. The Morgan fingerprint density at radius 2 is 1.58 bits per heavy atom. The molecule has 3 N–H and O–H groups in total. The summed E-state index contributed by atoms with van der Waals surface area (Å²) in [4.78, 5) is 10.9. The first-order chi connectivity index (χ1) is 9.26. The van der Waals surface area contributed by atoms with Gasteiger partial charge in [0.25, 0.3) is 0 Å². The zero-order valence-electron chi connectivity index (χ0n) is 12.8. The van der Waals surface area contributed by atoms with Gasteiger partial charge in [0.2, 0.25) is 0 Å². The lowest BCUT2D eigenvalue weighted by molar-refractivity contribution is 0.136. The predicted molar refractivity (Wildman–Crippen MR) is 81.1 cm³/mol. The van der Waals surface area contributed by atoms with Crippen LogP contribution in [0.1, 0.15) is 33.3 Å². The molecular weight excluding hydrogens is 242 g/mol. The molecule has 0 radical (unpaired) electrons. The third kappa shape index (κ3) is 9.91. The van der Waals surface area contributed by atoms with Gasteiger partial charge in [-0.25, -0.2) is 10.2 Å². The number of hydrogen-bond donors (Lipinski definition) is 3. The minimum Gasteiger partial charge on any atom is -0.444 e. The summed E-state index contributed by atoms with van der Waals surface area (Å²) < 4.78 is 4.91. The number of anilines is 1. The van der Waals surface area contributed by atoms with E-state index in [1.54, 1.807) is 7.05 Å². The van der Waals surface area contributed by atoms with Crippen molar-refractivity contribution in [2.24, 2.45) is 0 Å². The number of rotatable bonds is 4. The second-order valence-electron chi connectivity index (χ2n) is 2.90. The first-order valence-electron chi connectivity index (χ1n) is 6.62. The number of carbonyl (C=O) groups excluding carboxylic acids is 1. The summed E-state index contributed by atoms with van der Waals surface area (Å²) in [5.74, 6) is 0. The van der Waals surface area contributed by atoms with Gasteiger partial charge in [-0.1, -0.05) is 39.8 Å². The van der Waals surface area contributed by atoms with Crippen LogP contribution >= 0.6 is 0 Å². The van der Waals surface area contributed by atoms with Crippen molar-refractivity contribution in [3.05, 3.63) is 29.8 Å². The van der Waals surface area contributed by atoms with Crippen molar-refractivity contribution < 1.29 is 9.53 Å². The number of hydrogen-bond acceptors (Lipinski definition) is 4. The average molecular weight is 269 g/mol. The molecule has 0 spiro atoms. The number of hydrazine groups is 1. The highest BCUT2D eigenvalue weighted by atomic mass is 16.6. The molecule has 5 nitrogen and oxygen atoms in total. The van der Waals surface area contributed by atoms with Gasteiger partial charge in [-0.15, -0.1) is 0 Å². The Morgan fingerprint density at radius 1 is 1.05 bits per heavy atom. The molecule has 0 saturated carbocycles. The van der Waals surface area contributed by atoms with E-state index in [1.165, 1.54) is 0 Å². The maximum absolute atomic E-state index is 10.9. The van der Waals surface area contributed by atoms with Crippen LogP contribution in [0.3, 0.4) is 0 Å². The Labute approximate surface area is 116 Å². The van der Waals surface area contributed by atoms with Gasteiger partial charge in [-0.3, -0.25) is 5.43 Å². The van der Waals surface area contributed by atoms with E-state index < -0.39 is 6.09 Å². The van der Waals surface area contributed by atoms with Crippen LogP contribution in [0, 0.1) is 0 Å². The smallest absolute Gasteiger partial charge is 0.421 e. The van der Waals surface area contributed by atoms with Crippen molar-refractivity contribution in [2.45, 2.75) is 34.3 Å². The van der Waals surface area contributed by atoms with Crippen molar-refractivity contribution in [1.82, 2.24) is 10.9 Å². The minimum absolute atomic E-state index is 0.261. The van der Waals surface area contributed by atoms with Gasteiger partial charge in [0, 0.05) is 19.8 Å². The van der Waals surface area contributed by atoms with Gasteiger partial charge in [0.1, 0.15) is 6.61 Å². The summed E-state index contributed by atoms with van der Waals surface area (Å²) in [6.07, 6.45) is -0.491. The summed E-state index contributed by atoms with van der Waals surface area (Å²) >= 11 is 0. The molecule has 0 unspecified atom stereocenters. The van der Waals surface area contributed by atoms with Crippen LogP contribution < -0.4 is 16.2 Å². The molecule has 1 amide bonds. The second kappa shape index (κ2) is 14.3. The molecule has 19 heavy (non-hydrogen) atoms. The minimum atomic E-state index is -0.491. The summed E-state index contributed by atoms with van der Waals surface area (Å²) in [6, 6.07) is 7.65. The van der Waals surface area contributed by atoms with E-state index in [9.17, 15) is 4.79 Å². The molecule has 1 aromatic carbocycles. The highest BCUT2D eigenvalue weighted by molar-refractivity contribution is 5.66. The first-order valence-corrected chi connectivity index (χ1v) is 6.62. The zero-order chi connectivity index (χ0) is 15.1. The number of benzene rings is 1. The standard InChI is InChI=1S/C10H15N3O2.2C2H6/c1-11-9-5-3-8(4-6-9)7-15-10(14)13-12-2;2*1-2/h3-6,11-12H,7H2,1-2H3,(H,13,14);2*1-2H3. The lowest BCUT2D eigenvalue weighted by atomic mass is 10.2. The molecular formula is C14H27N3O2. The summed E-state index contributed by atoms with van der Waals surface area (Å²) in [5.41, 5.74) is 6.77. The van der Waals surface area contributed by atoms with Crippen LogP contribution in [0.15, 0.2) is 24.3 Å². The van der Waals surface area contributed by atoms with E-state index in [0.29, 0.717) is 0 Å². The maximum Gasteiger partial charge on any atom is 0.421 e. The van der Waals surface area contributed by atoms with E-state index in [0.717, 1.165) is 11.3 Å². The van der Waals surface area contributed by atoms with Crippen LogP contribution in [0.4, 0.5) is 10.5 Å². The van der Waals surface area contributed by atoms with Gasteiger partial charge >= 0.3 is 6.09 Å². The van der Waals surface area contributed by atoms with Crippen LogP contribution in [0.5, 0.6) is 0 Å². The molecule has 0 fully saturated rings. The van der Waals surface area contributed by atoms with Crippen LogP contribution in [-0.4, -0.2) is 20.2 Å². The second-order valence-corrected chi connectivity index (χ2v) is 2.90. The molecule has 110 valence electrons. The topological polar surface area (TPSA) is 62.4 Å². The van der Waals surface area contributed by atoms with Crippen LogP contribution in [0.25, 0.3) is 0 Å². The van der Waals surface area contributed by atoms with Crippen molar-refractivity contribution in [3.63, 3.8) is 0 Å². The van der Waals surface area contributed by atoms with Crippen molar-refractivity contribution >= 4 is 11.8 Å². The normalized spacial score (nSPS) is 8.11. The molecule has 0 atom stereocenters. The average Bonchev–Trinajstić information content (AvgIpc) is 2.50. The van der Waals surface area contributed by atoms with E-state index in [-0.39, 0.29) is 6.61 Å². The molecule has 0 saturated heterocycles. The predicted octanol–water partition coefficient (Wildman–Crippen LogP) is 3.14. The number of amides is 1. The van der Waals surface area contributed by atoms with Gasteiger partial charge in [0.05, 0.1) is 0 Å². The number of nitrogens with one attached hydrogen (secondary N) is 3. The lowest BCUT2D eigenvalue weighted by Crippen LogP contribution is -2.34. The van der Waals surface area contributed by atoms with E-state index in [1.807, 2.05) is 59.0 Å². The van der Waals surface area contributed by atoms with Gasteiger partial charge in [-0.2, -0.15) is 0 Å². The Balaban J connectivity index is 0. The molecule has 0 aliphatic heterocycles. The Bertz CT molecular complexity index is 313. The van der Waals surface area contributed by atoms with Crippen molar-refractivity contribution in [3.8, 4) is 0 Å². The Hall–Kier alpha value is -1.75. The molecule has 0 aromatic heterocycles. The van der Waals surface area contributed by atoms with E-state index >= 15 is 0 Å².